The fourth-order valence-electron chi connectivity index (χ4n) is 4.36. The van der Waals surface area contributed by atoms with Crippen molar-refractivity contribution in [2.45, 2.75) is 32.1 Å². The highest BCUT2D eigenvalue weighted by molar-refractivity contribution is 5.78. The van der Waals surface area contributed by atoms with Crippen LogP contribution in [0.25, 0.3) is 0 Å². The van der Waals surface area contributed by atoms with E-state index in [1.165, 1.54) is 6.42 Å². The van der Waals surface area contributed by atoms with Crippen LogP contribution >= 0.6 is 0 Å². The molecular formula is C24H29NO5. The molecule has 0 aromatic heterocycles. The molecule has 2 unspecified atom stereocenters. The number of ether oxygens (including phenoxy) is 4. The molecule has 6 heteroatoms. The van der Waals surface area contributed by atoms with E-state index in [1.807, 2.05) is 41.3 Å². The second-order valence-corrected chi connectivity index (χ2v) is 8.06. The van der Waals surface area contributed by atoms with Gasteiger partial charge in [0, 0.05) is 37.1 Å². The first-order valence-electron chi connectivity index (χ1n) is 10.5. The van der Waals surface area contributed by atoms with Crippen molar-refractivity contribution in [1.82, 2.24) is 4.90 Å². The number of piperidine rings is 1. The maximum absolute atomic E-state index is 13.3. The van der Waals surface area contributed by atoms with Crippen LogP contribution < -0.4 is 18.9 Å². The smallest absolute Gasteiger partial charge is 0.231 e. The number of fused-ring (bicyclic) bond motifs is 1. The summed E-state index contributed by atoms with van der Waals surface area (Å²) in [6, 6.07) is 11.7. The highest BCUT2D eigenvalue weighted by Gasteiger charge is 2.28. The van der Waals surface area contributed by atoms with Crippen LogP contribution in [0.15, 0.2) is 36.4 Å². The third-order valence-corrected chi connectivity index (χ3v) is 6.00. The summed E-state index contributed by atoms with van der Waals surface area (Å²) in [4.78, 5) is 15.3. The van der Waals surface area contributed by atoms with E-state index in [9.17, 15) is 4.79 Å². The Morgan fingerprint density at radius 1 is 1.13 bits per heavy atom. The Kier molecular flexibility index (Phi) is 6.02. The molecule has 2 aliphatic heterocycles. The Bertz CT molecular complexity index is 912. The molecule has 1 amide bonds. The van der Waals surface area contributed by atoms with Crippen molar-refractivity contribution in [3.63, 3.8) is 0 Å². The zero-order chi connectivity index (χ0) is 21.1. The third kappa shape index (κ3) is 4.18. The molecule has 30 heavy (non-hydrogen) atoms. The van der Waals surface area contributed by atoms with Crippen molar-refractivity contribution in [3.8, 4) is 23.0 Å². The number of hydrogen-bond donors (Lipinski definition) is 0. The van der Waals surface area contributed by atoms with E-state index in [2.05, 4.69) is 6.92 Å². The number of likely N-dealkylation sites (tertiary alicyclic amines) is 1. The monoisotopic (exact) mass is 411 g/mol. The van der Waals surface area contributed by atoms with Gasteiger partial charge in [0.2, 0.25) is 12.7 Å². The Balaban J connectivity index is 1.69. The molecule has 2 atom stereocenters. The van der Waals surface area contributed by atoms with Crippen molar-refractivity contribution in [3.05, 3.63) is 47.5 Å². The van der Waals surface area contributed by atoms with Crippen molar-refractivity contribution in [2.75, 3.05) is 34.1 Å². The minimum Gasteiger partial charge on any atom is -0.497 e. The topological polar surface area (TPSA) is 57.2 Å². The third-order valence-electron chi connectivity index (χ3n) is 6.00. The van der Waals surface area contributed by atoms with Gasteiger partial charge in [0.05, 0.1) is 14.2 Å². The lowest BCUT2D eigenvalue weighted by Crippen LogP contribution is -2.39. The molecule has 160 valence electrons. The average molecular weight is 411 g/mol. The number of rotatable bonds is 6. The molecule has 6 nitrogen and oxygen atoms in total. The van der Waals surface area contributed by atoms with Crippen molar-refractivity contribution in [2.24, 2.45) is 5.92 Å². The number of methoxy groups -OCH3 is 2. The van der Waals surface area contributed by atoms with E-state index in [0.29, 0.717) is 23.8 Å². The van der Waals surface area contributed by atoms with Crippen LogP contribution in [0.4, 0.5) is 0 Å². The molecule has 0 spiro atoms. The summed E-state index contributed by atoms with van der Waals surface area (Å²) in [5, 5.41) is 0. The largest absolute Gasteiger partial charge is 0.497 e. The minimum atomic E-state index is -0.162. The predicted octanol–water partition coefficient (Wildman–Crippen LogP) is 4.21. The van der Waals surface area contributed by atoms with Gasteiger partial charge >= 0.3 is 0 Å². The van der Waals surface area contributed by atoms with Crippen LogP contribution in [-0.4, -0.2) is 44.9 Å². The van der Waals surface area contributed by atoms with E-state index in [1.54, 1.807) is 14.2 Å². The van der Waals surface area contributed by atoms with Gasteiger partial charge < -0.3 is 23.8 Å². The molecule has 1 fully saturated rings. The van der Waals surface area contributed by atoms with Gasteiger partial charge in [-0.25, -0.2) is 0 Å². The standard InChI is InChI=1S/C24H29NO5/c1-16-5-4-10-25(14-16)24(26)13-20(17-6-9-21-23(11-17)30-15-29-21)19-8-7-18(27-2)12-22(19)28-3/h6-9,11-12,16,20H,4-5,10,13-15H2,1-3H3. The maximum Gasteiger partial charge on any atom is 0.231 e. The molecule has 2 heterocycles. The number of benzene rings is 2. The summed E-state index contributed by atoms with van der Waals surface area (Å²) in [7, 11) is 3.27. The Morgan fingerprint density at radius 2 is 1.97 bits per heavy atom. The molecule has 0 aliphatic carbocycles. The number of carbonyl (C=O) groups excluding carboxylic acids is 1. The van der Waals surface area contributed by atoms with Gasteiger partial charge in [-0.3, -0.25) is 4.79 Å². The summed E-state index contributed by atoms with van der Waals surface area (Å²) >= 11 is 0. The number of hydrogen-bond acceptors (Lipinski definition) is 5. The lowest BCUT2D eigenvalue weighted by molar-refractivity contribution is -0.133. The van der Waals surface area contributed by atoms with Crippen molar-refractivity contribution in [1.29, 1.82) is 0 Å². The van der Waals surface area contributed by atoms with E-state index in [4.69, 9.17) is 18.9 Å². The molecular weight excluding hydrogens is 382 g/mol. The van der Waals surface area contributed by atoms with Gasteiger partial charge in [0.25, 0.3) is 0 Å². The average Bonchev–Trinajstić information content (AvgIpc) is 3.25. The van der Waals surface area contributed by atoms with Gasteiger partial charge in [0.15, 0.2) is 11.5 Å². The highest BCUT2D eigenvalue weighted by atomic mass is 16.7. The molecule has 1 saturated heterocycles. The van der Waals surface area contributed by atoms with Gasteiger partial charge in [-0.15, -0.1) is 0 Å². The van der Waals surface area contributed by atoms with Crippen molar-refractivity contribution < 1.29 is 23.7 Å². The second-order valence-electron chi connectivity index (χ2n) is 8.06. The molecule has 4 rings (SSSR count). The molecule has 0 saturated carbocycles. The van der Waals surface area contributed by atoms with Gasteiger partial charge in [-0.2, -0.15) is 0 Å². The van der Waals surface area contributed by atoms with Crippen LogP contribution in [0, 0.1) is 5.92 Å². The van der Waals surface area contributed by atoms with Gasteiger partial charge in [-0.1, -0.05) is 19.1 Å². The molecule has 0 bridgehead atoms. The normalized spacial score (nSPS) is 18.8. The van der Waals surface area contributed by atoms with E-state index >= 15 is 0 Å². The second kappa shape index (κ2) is 8.86. The van der Waals surface area contributed by atoms with Crippen LogP contribution in [0.5, 0.6) is 23.0 Å². The fourth-order valence-corrected chi connectivity index (χ4v) is 4.36. The zero-order valence-corrected chi connectivity index (χ0v) is 17.8. The number of nitrogens with zero attached hydrogens (tertiary/aromatic N) is 1. The zero-order valence-electron chi connectivity index (χ0n) is 17.8. The van der Waals surface area contributed by atoms with Crippen LogP contribution in [-0.2, 0) is 4.79 Å². The summed E-state index contributed by atoms with van der Waals surface area (Å²) < 4.78 is 22.1. The van der Waals surface area contributed by atoms with Gasteiger partial charge in [0.1, 0.15) is 11.5 Å². The Hall–Kier alpha value is -2.89. The SMILES string of the molecule is COc1ccc(C(CC(=O)N2CCCC(C)C2)c2ccc3c(c2)OCO3)c(OC)c1. The van der Waals surface area contributed by atoms with Crippen LogP contribution in [0.2, 0.25) is 0 Å². The van der Waals surface area contributed by atoms with Crippen molar-refractivity contribution >= 4 is 5.91 Å². The first kappa shape index (κ1) is 20.4. The first-order valence-corrected chi connectivity index (χ1v) is 10.5. The molecule has 0 N–H and O–H groups in total. The Labute approximate surface area is 177 Å². The maximum atomic E-state index is 13.3. The van der Waals surface area contributed by atoms with Gasteiger partial charge in [-0.05, 0) is 42.5 Å². The summed E-state index contributed by atoms with van der Waals surface area (Å²) in [6.45, 7) is 4.09. The molecule has 2 aromatic carbocycles. The van der Waals surface area contributed by atoms with E-state index in [-0.39, 0.29) is 18.6 Å². The molecule has 0 radical (unpaired) electrons. The minimum absolute atomic E-state index is 0.162. The number of carbonyl (C=O) groups is 1. The highest BCUT2D eigenvalue weighted by Crippen LogP contribution is 2.41. The summed E-state index contributed by atoms with van der Waals surface area (Å²) in [5.41, 5.74) is 1.96. The lowest BCUT2D eigenvalue weighted by Gasteiger charge is -2.32. The number of amides is 1. The fraction of sp³-hybridized carbons (Fsp3) is 0.458. The lowest BCUT2D eigenvalue weighted by atomic mass is 9.86. The summed E-state index contributed by atoms with van der Waals surface area (Å²) in [6.07, 6.45) is 2.62. The quantitative estimate of drug-likeness (QED) is 0.713. The van der Waals surface area contributed by atoms with Crippen LogP contribution in [0.1, 0.15) is 43.2 Å². The predicted molar refractivity (Wildman–Crippen MR) is 114 cm³/mol. The Morgan fingerprint density at radius 3 is 2.73 bits per heavy atom. The molecule has 2 aliphatic rings. The van der Waals surface area contributed by atoms with Crippen LogP contribution in [0.3, 0.4) is 0 Å². The first-order chi connectivity index (χ1) is 14.6. The van der Waals surface area contributed by atoms with E-state index in [0.717, 1.165) is 42.1 Å². The summed E-state index contributed by atoms with van der Waals surface area (Å²) in [5.74, 6) is 3.42. The van der Waals surface area contributed by atoms with E-state index < -0.39 is 0 Å². The molecule has 2 aromatic rings.